The number of carbonyl (C=O) groups is 1. The summed E-state index contributed by atoms with van der Waals surface area (Å²) < 4.78 is 25.4. The van der Waals surface area contributed by atoms with Gasteiger partial charge >= 0.3 is 0 Å². The molecule has 2 aromatic carbocycles. The molecule has 35 heavy (non-hydrogen) atoms. The number of fused-ring (bicyclic) bond motifs is 1. The predicted octanol–water partition coefficient (Wildman–Crippen LogP) is 5.35. The number of carbonyl (C=O) groups excluding carboxylic acids is 1. The molecule has 0 amide bonds. The number of ether oxygens (including phenoxy) is 2. The second kappa shape index (κ2) is 10.5. The molecule has 6 nitrogen and oxygen atoms in total. The van der Waals surface area contributed by atoms with Crippen LogP contribution in [0.2, 0.25) is 0 Å². The van der Waals surface area contributed by atoms with Crippen LogP contribution in [0, 0.1) is 5.82 Å². The van der Waals surface area contributed by atoms with Crippen molar-refractivity contribution >= 4 is 27.2 Å². The number of methoxy groups -OCH3 is 1. The monoisotopic (exact) mass is 495 g/mol. The van der Waals surface area contributed by atoms with Crippen LogP contribution in [0.3, 0.4) is 0 Å². The molecule has 0 radical (unpaired) electrons. The Kier molecular flexibility index (Phi) is 7.45. The summed E-state index contributed by atoms with van der Waals surface area (Å²) in [6.07, 6.45) is 0.248. The fourth-order valence-corrected chi connectivity index (χ4v) is 4.82. The number of aliphatic hydroxyl groups is 2. The Balaban J connectivity index is 1.51. The van der Waals surface area contributed by atoms with Crippen molar-refractivity contribution in [2.24, 2.45) is 0 Å². The van der Waals surface area contributed by atoms with Gasteiger partial charge in [-0.2, -0.15) is 0 Å². The number of benzene rings is 2. The SMILES string of the molecule is COc1cc(C(=O)CCC(C)(O)c2cccc(-c3csc4c(F)cccc34)n2)ccc1OCCO. The van der Waals surface area contributed by atoms with Crippen molar-refractivity contribution in [1.82, 2.24) is 4.98 Å². The molecule has 0 spiro atoms. The van der Waals surface area contributed by atoms with Gasteiger partial charge < -0.3 is 19.7 Å². The molecule has 1 unspecified atom stereocenters. The Hall–Kier alpha value is -3.33. The smallest absolute Gasteiger partial charge is 0.163 e. The van der Waals surface area contributed by atoms with Crippen LogP contribution in [0.25, 0.3) is 21.3 Å². The van der Waals surface area contributed by atoms with Crippen molar-refractivity contribution < 1.29 is 28.9 Å². The van der Waals surface area contributed by atoms with Crippen LogP contribution in [-0.4, -0.2) is 41.3 Å². The van der Waals surface area contributed by atoms with Crippen LogP contribution in [0.5, 0.6) is 11.5 Å². The van der Waals surface area contributed by atoms with Crippen molar-refractivity contribution in [1.29, 1.82) is 0 Å². The normalized spacial score (nSPS) is 12.9. The summed E-state index contributed by atoms with van der Waals surface area (Å²) in [5.41, 5.74) is 0.950. The molecule has 0 aliphatic carbocycles. The number of nitrogens with zero attached hydrogens (tertiary/aromatic N) is 1. The zero-order valence-corrected chi connectivity index (χ0v) is 20.3. The largest absolute Gasteiger partial charge is 0.493 e. The van der Waals surface area contributed by atoms with E-state index in [1.54, 1.807) is 43.3 Å². The Morgan fingerprint density at radius 2 is 1.94 bits per heavy atom. The Morgan fingerprint density at radius 1 is 1.14 bits per heavy atom. The molecule has 0 saturated carbocycles. The quantitative estimate of drug-likeness (QED) is 0.288. The first-order valence-electron chi connectivity index (χ1n) is 11.1. The first-order valence-corrected chi connectivity index (χ1v) is 12.0. The predicted molar refractivity (Wildman–Crippen MR) is 134 cm³/mol. The number of hydrogen-bond donors (Lipinski definition) is 2. The summed E-state index contributed by atoms with van der Waals surface area (Å²) in [6.45, 7) is 1.62. The third-order valence-electron chi connectivity index (χ3n) is 5.80. The van der Waals surface area contributed by atoms with E-state index in [-0.39, 0.29) is 37.7 Å². The van der Waals surface area contributed by atoms with Gasteiger partial charge in [0.25, 0.3) is 0 Å². The first kappa shape index (κ1) is 24.8. The summed E-state index contributed by atoms with van der Waals surface area (Å²) in [5, 5.41) is 22.7. The number of aliphatic hydroxyl groups excluding tert-OH is 1. The Morgan fingerprint density at radius 3 is 2.71 bits per heavy atom. The molecule has 4 rings (SSSR count). The molecule has 0 fully saturated rings. The van der Waals surface area contributed by atoms with Crippen molar-refractivity contribution in [3.05, 3.63) is 77.1 Å². The minimum Gasteiger partial charge on any atom is -0.493 e. The highest BCUT2D eigenvalue weighted by molar-refractivity contribution is 7.17. The zero-order valence-electron chi connectivity index (χ0n) is 19.5. The topological polar surface area (TPSA) is 88.9 Å². The highest BCUT2D eigenvalue weighted by Crippen LogP contribution is 2.36. The number of Topliss-reactive ketones (excluding diaryl/α,β-unsaturated/α-hetero) is 1. The number of ketones is 1. The molecule has 0 saturated heterocycles. The van der Waals surface area contributed by atoms with Gasteiger partial charge in [-0.3, -0.25) is 4.79 Å². The van der Waals surface area contributed by atoms with E-state index in [9.17, 15) is 14.3 Å². The average molecular weight is 496 g/mol. The van der Waals surface area contributed by atoms with Crippen molar-refractivity contribution in [2.75, 3.05) is 20.3 Å². The van der Waals surface area contributed by atoms with Crippen LogP contribution < -0.4 is 9.47 Å². The lowest BCUT2D eigenvalue weighted by molar-refractivity contribution is 0.0398. The number of aromatic nitrogens is 1. The van der Waals surface area contributed by atoms with E-state index in [4.69, 9.17) is 14.6 Å². The average Bonchev–Trinajstić information content (AvgIpc) is 3.31. The third kappa shape index (κ3) is 5.35. The molecule has 4 aromatic rings. The van der Waals surface area contributed by atoms with E-state index in [0.717, 1.165) is 10.9 Å². The number of pyridine rings is 1. The van der Waals surface area contributed by atoms with E-state index in [1.165, 1.54) is 24.5 Å². The standard InChI is InChI=1S/C27H26FNO5S/c1-27(32,12-11-22(31)17-9-10-23(34-14-13-30)24(15-17)33-2)25-8-4-7-21(29-25)19-16-35-26-18(19)5-3-6-20(26)28/h3-10,15-16,30,32H,11-14H2,1-2H3. The molecular formula is C27H26FNO5S. The van der Waals surface area contributed by atoms with Gasteiger partial charge in [-0.05, 0) is 49.7 Å². The van der Waals surface area contributed by atoms with Gasteiger partial charge in [0.2, 0.25) is 0 Å². The third-order valence-corrected chi connectivity index (χ3v) is 6.81. The summed E-state index contributed by atoms with van der Waals surface area (Å²) in [7, 11) is 1.48. The lowest BCUT2D eigenvalue weighted by atomic mass is 9.92. The Bertz CT molecular complexity index is 1350. The van der Waals surface area contributed by atoms with Crippen LogP contribution in [0.1, 0.15) is 35.8 Å². The fourth-order valence-electron chi connectivity index (χ4n) is 3.85. The van der Waals surface area contributed by atoms with Crippen molar-refractivity contribution in [3.8, 4) is 22.8 Å². The molecule has 2 heterocycles. The van der Waals surface area contributed by atoms with E-state index in [1.807, 2.05) is 17.5 Å². The molecule has 2 aromatic heterocycles. The number of rotatable bonds is 10. The molecule has 182 valence electrons. The molecule has 1 atom stereocenters. The van der Waals surface area contributed by atoms with Crippen LogP contribution in [-0.2, 0) is 5.60 Å². The van der Waals surface area contributed by atoms with E-state index in [2.05, 4.69) is 4.98 Å². The van der Waals surface area contributed by atoms with Gasteiger partial charge in [-0.25, -0.2) is 9.37 Å². The lowest BCUT2D eigenvalue weighted by Gasteiger charge is -2.23. The minimum absolute atomic E-state index is 0.0888. The highest BCUT2D eigenvalue weighted by atomic mass is 32.1. The number of thiophene rings is 1. The summed E-state index contributed by atoms with van der Waals surface area (Å²) in [5.74, 6) is 0.398. The maximum atomic E-state index is 14.1. The van der Waals surface area contributed by atoms with Gasteiger partial charge in [0.15, 0.2) is 17.3 Å². The minimum atomic E-state index is -1.35. The highest BCUT2D eigenvalue weighted by Gasteiger charge is 2.27. The van der Waals surface area contributed by atoms with E-state index in [0.29, 0.717) is 33.2 Å². The summed E-state index contributed by atoms with van der Waals surface area (Å²) in [4.78, 5) is 17.5. The number of hydrogen-bond acceptors (Lipinski definition) is 7. The fraction of sp³-hybridized carbons (Fsp3) is 0.259. The Labute approximate surface area is 206 Å². The first-order chi connectivity index (χ1) is 16.8. The van der Waals surface area contributed by atoms with Gasteiger partial charge in [-0.1, -0.05) is 18.2 Å². The van der Waals surface area contributed by atoms with Gasteiger partial charge in [0.05, 0.1) is 29.8 Å². The van der Waals surface area contributed by atoms with Crippen molar-refractivity contribution in [3.63, 3.8) is 0 Å². The molecule has 2 N–H and O–H groups in total. The van der Waals surface area contributed by atoms with Gasteiger partial charge in [0.1, 0.15) is 18.0 Å². The van der Waals surface area contributed by atoms with Crippen molar-refractivity contribution in [2.45, 2.75) is 25.4 Å². The zero-order chi connectivity index (χ0) is 25.0. The van der Waals surface area contributed by atoms with Crippen LogP contribution >= 0.6 is 11.3 Å². The second-order valence-electron chi connectivity index (χ2n) is 8.31. The maximum absolute atomic E-state index is 14.1. The summed E-state index contributed by atoms with van der Waals surface area (Å²) >= 11 is 1.31. The molecule has 0 aliphatic rings. The molecule has 8 heteroatoms. The van der Waals surface area contributed by atoms with Crippen LogP contribution in [0.4, 0.5) is 4.39 Å². The molecule has 0 bridgehead atoms. The maximum Gasteiger partial charge on any atom is 0.163 e. The number of halogens is 1. The molecule has 0 aliphatic heterocycles. The van der Waals surface area contributed by atoms with Gasteiger partial charge in [0, 0.05) is 28.3 Å². The van der Waals surface area contributed by atoms with E-state index < -0.39 is 5.60 Å². The molecular weight excluding hydrogens is 469 g/mol. The second-order valence-corrected chi connectivity index (χ2v) is 9.19. The lowest BCUT2D eigenvalue weighted by Crippen LogP contribution is -2.24. The summed E-state index contributed by atoms with van der Waals surface area (Å²) in [6, 6.07) is 15.1. The van der Waals surface area contributed by atoms with E-state index >= 15 is 0 Å². The van der Waals surface area contributed by atoms with Crippen LogP contribution in [0.15, 0.2) is 60.0 Å². The van der Waals surface area contributed by atoms with Gasteiger partial charge in [-0.15, -0.1) is 11.3 Å².